The zero-order valence-corrected chi connectivity index (χ0v) is 13.5. The fraction of sp³-hybridized carbons (Fsp3) is 0.316. The number of nitrogens with one attached hydrogen (secondary N) is 2. The third-order valence-electron chi connectivity index (χ3n) is 4.24. The number of fused-ring (bicyclic) bond motifs is 1. The molecule has 0 spiro atoms. The first-order valence-corrected chi connectivity index (χ1v) is 7.94. The van der Waals surface area contributed by atoms with E-state index in [2.05, 4.69) is 78.5 Å². The van der Waals surface area contributed by atoms with E-state index in [0.29, 0.717) is 0 Å². The summed E-state index contributed by atoms with van der Waals surface area (Å²) in [5.74, 6) is 1.06. The fourth-order valence-electron chi connectivity index (χ4n) is 2.89. The molecule has 0 unspecified atom stereocenters. The molecule has 0 fully saturated rings. The van der Waals surface area contributed by atoms with Crippen LogP contribution in [0.3, 0.4) is 0 Å². The van der Waals surface area contributed by atoms with E-state index in [-0.39, 0.29) is 6.04 Å². The highest BCUT2D eigenvalue weighted by Crippen LogP contribution is 2.24. The van der Waals surface area contributed by atoms with Crippen LogP contribution in [-0.2, 0) is 13.0 Å². The Labute approximate surface area is 131 Å². The first-order valence-electron chi connectivity index (χ1n) is 7.94. The third-order valence-corrected chi connectivity index (χ3v) is 4.24. The Morgan fingerprint density at radius 3 is 2.68 bits per heavy atom. The summed E-state index contributed by atoms with van der Waals surface area (Å²) in [6.07, 6.45) is 0.944. The molecule has 3 nitrogen and oxygen atoms in total. The topological polar surface area (TPSA) is 40.7 Å². The largest absolute Gasteiger partial charge is 0.346 e. The summed E-state index contributed by atoms with van der Waals surface area (Å²) in [7, 11) is 0. The number of hydrogen-bond acceptors (Lipinski definition) is 2. The number of aryl methyl sites for hydroxylation is 2. The smallest absolute Gasteiger partial charge is 0.106 e. The highest BCUT2D eigenvalue weighted by molar-refractivity contribution is 5.86. The van der Waals surface area contributed by atoms with E-state index < -0.39 is 0 Å². The number of H-pyrrole nitrogens is 1. The Morgan fingerprint density at radius 2 is 1.91 bits per heavy atom. The minimum Gasteiger partial charge on any atom is -0.346 e. The minimum atomic E-state index is 0.285. The Morgan fingerprint density at radius 1 is 1.14 bits per heavy atom. The van der Waals surface area contributed by atoms with Crippen molar-refractivity contribution in [3.63, 3.8) is 0 Å². The average Bonchev–Trinajstić information content (AvgIpc) is 2.92. The Balaban J connectivity index is 1.78. The van der Waals surface area contributed by atoms with Crippen LogP contribution in [0.15, 0.2) is 42.5 Å². The Kier molecular flexibility index (Phi) is 4.25. The Hall–Kier alpha value is -2.13. The van der Waals surface area contributed by atoms with Crippen LogP contribution in [0.25, 0.3) is 10.8 Å². The standard InChI is InChI=1S/C19H23N3/c1-4-19-21-14(3)18(22-19)12-20-13(2)16-11-7-9-15-8-5-6-10-17(15)16/h5-11,13,20H,4,12H2,1-3H3,(H,21,22)/t13-/m1/s1. The maximum Gasteiger partial charge on any atom is 0.106 e. The lowest BCUT2D eigenvalue weighted by molar-refractivity contribution is 0.570. The number of aromatic amines is 1. The molecule has 0 saturated heterocycles. The molecular weight excluding hydrogens is 270 g/mol. The highest BCUT2D eigenvalue weighted by Gasteiger charge is 2.11. The van der Waals surface area contributed by atoms with Gasteiger partial charge in [0.2, 0.25) is 0 Å². The van der Waals surface area contributed by atoms with Gasteiger partial charge in [0.1, 0.15) is 5.82 Å². The zero-order chi connectivity index (χ0) is 15.5. The van der Waals surface area contributed by atoms with E-state index in [4.69, 9.17) is 0 Å². The molecular formula is C19H23N3. The molecule has 1 aromatic heterocycles. The number of benzene rings is 2. The van der Waals surface area contributed by atoms with Gasteiger partial charge in [-0.1, -0.05) is 49.4 Å². The van der Waals surface area contributed by atoms with Gasteiger partial charge >= 0.3 is 0 Å². The average molecular weight is 293 g/mol. The molecule has 3 heteroatoms. The second kappa shape index (κ2) is 6.32. The summed E-state index contributed by atoms with van der Waals surface area (Å²) in [6.45, 7) is 7.21. The van der Waals surface area contributed by atoms with E-state index in [1.54, 1.807) is 0 Å². The lowest BCUT2D eigenvalue weighted by Crippen LogP contribution is -2.19. The maximum absolute atomic E-state index is 4.64. The van der Waals surface area contributed by atoms with Gasteiger partial charge in [-0.25, -0.2) is 4.98 Å². The lowest BCUT2D eigenvalue weighted by Gasteiger charge is -2.16. The monoisotopic (exact) mass is 293 g/mol. The summed E-state index contributed by atoms with van der Waals surface area (Å²) < 4.78 is 0. The van der Waals surface area contributed by atoms with E-state index in [9.17, 15) is 0 Å². The second-order valence-corrected chi connectivity index (χ2v) is 5.78. The molecule has 0 aliphatic carbocycles. The molecule has 114 valence electrons. The molecule has 3 rings (SSSR count). The SMILES string of the molecule is CCc1nc(CN[C@H](C)c2cccc3ccccc23)c(C)[nH]1. The second-order valence-electron chi connectivity index (χ2n) is 5.78. The molecule has 0 bridgehead atoms. The summed E-state index contributed by atoms with van der Waals surface area (Å²) in [5, 5.41) is 6.21. The molecule has 3 aromatic rings. The van der Waals surface area contributed by atoms with Crippen molar-refractivity contribution in [2.24, 2.45) is 0 Å². The molecule has 0 saturated carbocycles. The molecule has 0 aliphatic rings. The first kappa shape index (κ1) is 14.8. The normalized spacial score (nSPS) is 12.7. The van der Waals surface area contributed by atoms with Gasteiger partial charge in [0.05, 0.1) is 5.69 Å². The van der Waals surface area contributed by atoms with Crippen LogP contribution in [0.1, 0.15) is 42.7 Å². The summed E-state index contributed by atoms with van der Waals surface area (Å²) in [6, 6.07) is 15.3. The van der Waals surface area contributed by atoms with Crippen molar-refractivity contribution in [3.8, 4) is 0 Å². The van der Waals surface area contributed by atoms with Crippen molar-refractivity contribution >= 4 is 10.8 Å². The third kappa shape index (κ3) is 2.90. The van der Waals surface area contributed by atoms with Gasteiger partial charge in [0.25, 0.3) is 0 Å². The summed E-state index contributed by atoms with van der Waals surface area (Å²) in [5.41, 5.74) is 3.61. The van der Waals surface area contributed by atoms with Gasteiger partial charge in [-0.3, -0.25) is 0 Å². The summed E-state index contributed by atoms with van der Waals surface area (Å²) >= 11 is 0. The van der Waals surface area contributed by atoms with Crippen LogP contribution in [-0.4, -0.2) is 9.97 Å². The highest BCUT2D eigenvalue weighted by atomic mass is 15.0. The van der Waals surface area contributed by atoms with Crippen molar-refractivity contribution < 1.29 is 0 Å². The number of rotatable bonds is 5. The predicted octanol–water partition coefficient (Wildman–Crippen LogP) is 4.28. The van der Waals surface area contributed by atoms with E-state index in [0.717, 1.165) is 30.2 Å². The van der Waals surface area contributed by atoms with Gasteiger partial charge in [0.15, 0.2) is 0 Å². The molecule has 0 amide bonds. The van der Waals surface area contributed by atoms with Gasteiger partial charge in [0, 0.05) is 24.7 Å². The molecule has 2 N–H and O–H groups in total. The molecule has 0 aliphatic heterocycles. The predicted molar refractivity (Wildman–Crippen MR) is 91.9 cm³/mol. The van der Waals surface area contributed by atoms with Crippen molar-refractivity contribution in [3.05, 3.63) is 65.2 Å². The number of nitrogens with zero attached hydrogens (tertiary/aromatic N) is 1. The Bertz CT molecular complexity index is 768. The molecule has 1 atom stereocenters. The van der Waals surface area contributed by atoms with Crippen LogP contribution >= 0.6 is 0 Å². The zero-order valence-electron chi connectivity index (χ0n) is 13.5. The van der Waals surface area contributed by atoms with Crippen molar-refractivity contribution in [1.82, 2.24) is 15.3 Å². The quantitative estimate of drug-likeness (QED) is 0.737. The fourth-order valence-corrected chi connectivity index (χ4v) is 2.89. The van der Waals surface area contributed by atoms with Crippen molar-refractivity contribution in [2.45, 2.75) is 39.8 Å². The van der Waals surface area contributed by atoms with Crippen molar-refractivity contribution in [1.29, 1.82) is 0 Å². The van der Waals surface area contributed by atoms with E-state index >= 15 is 0 Å². The van der Waals surface area contributed by atoms with Crippen LogP contribution < -0.4 is 5.32 Å². The number of aromatic nitrogens is 2. The molecule has 0 radical (unpaired) electrons. The van der Waals surface area contributed by atoms with Crippen LogP contribution in [0, 0.1) is 6.92 Å². The van der Waals surface area contributed by atoms with Gasteiger partial charge in [-0.2, -0.15) is 0 Å². The van der Waals surface area contributed by atoms with Gasteiger partial charge in [-0.15, -0.1) is 0 Å². The van der Waals surface area contributed by atoms with Crippen LogP contribution in [0.5, 0.6) is 0 Å². The van der Waals surface area contributed by atoms with Crippen LogP contribution in [0.4, 0.5) is 0 Å². The maximum atomic E-state index is 4.64. The van der Waals surface area contributed by atoms with Gasteiger partial charge < -0.3 is 10.3 Å². The minimum absolute atomic E-state index is 0.285. The number of hydrogen-bond donors (Lipinski definition) is 2. The lowest BCUT2D eigenvalue weighted by atomic mass is 9.99. The molecule has 2 aromatic carbocycles. The van der Waals surface area contributed by atoms with Crippen molar-refractivity contribution in [2.75, 3.05) is 0 Å². The molecule has 22 heavy (non-hydrogen) atoms. The van der Waals surface area contributed by atoms with E-state index in [1.807, 2.05) is 0 Å². The van der Waals surface area contributed by atoms with E-state index in [1.165, 1.54) is 16.3 Å². The summed E-state index contributed by atoms with van der Waals surface area (Å²) in [4.78, 5) is 7.97. The first-order chi connectivity index (χ1) is 10.7. The molecule has 1 heterocycles. The number of imidazole rings is 1. The van der Waals surface area contributed by atoms with Gasteiger partial charge in [-0.05, 0) is 30.2 Å². The van der Waals surface area contributed by atoms with Crippen LogP contribution in [0.2, 0.25) is 0 Å².